The predicted molar refractivity (Wildman–Crippen MR) is 191 cm³/mol. The number of carbonyl (C=O) groups excluding carboxylic acids is 3. The van der Waals surface area contributed by atoms with Gasteiger partial charge in [-0.1, -0.05) is 72.8 Å². The van der Waals surface area contributed by atoms with Crippen LogP contribution in [0, 0.1) is 5.92 Å². The molecule has 4 heterocycles. The first-order valence-corrected chi connectivity index (χ1v) is 20.4. The number of rotatable bonds is 11. The summed E-state index contributed by atoms with van der Waals surface area (Å²) in [4.78, 5) is 54.5. The van der Waals surface area contributed by atoms with Gasteiger partial charge in [-0.3, -0.25) is 24.0 Å². The normalized spacial score (nSPS) is 24.9. The second-order valence-electron chi connectivity index (χ2n) is 14.3. The fourth-order valence-electron chi connectivity index (χ4n) is 8.29. The molecule has 2 fully saturated rings. The van der Waals surface area contributed by atoms with E-state index >= 15 is 0 Å². The van der Waals surface area contributed by atoms with Gasteiger partial charge in [0.25, 0.3) is 5.91 Å². The highest BCUT2D eigenvalue weighted by Gasteiger charge is 2.66. The number of amides is 2. The number of aromatic nitrogens is 3. The molecule has 4 aromatic rings. The fraction of sp³-hybridized carbons (Fsp3) is 0.395. The van der Waals surface area contributed by atoms with E-state index in [0.717, 1.165) is 11.1 Å². The number of benzene rings is 3. The van der Waals surface area contributed by atoms with Crippen LogP contribution in [0.15, 0.2) is 85.1 Å². The molecule has 2 unspecified atom stereocenters. The molecule has 13 heteroatoms. The molecule has 2 N–H and O–H groups in total. The molecular weight excluding hydrogens is 667 g/mol. The van der Waals surface area contributed by atoms with E-state index in [4.69, 9.17) is 9.47 Å². The Bertz CT molecular complexity index is 1930. The lowest BCUT2D eigenvalue weighted by Gasteiger charge is -2.39. The lowest BCUT2D eigenvalue weighted by Crippen LogP contribution is -2.55. The number of aliphatic hydroxyl groups excluding tert-OH is 1. The van der Waals surface area contributed by atoms with Gasteiger partial charge in [0.05, 0.1) is 43.0 Å². The van der Waals surface area contributed by atoms with Crippen molar-refractivity contribution in [3.63, 3.8) is 0 Å². The molecule has 1 spiro atoms. The van der Waals surface area contributed by atoms with E-state index in [-0.39, 0.29) is 36.3 Å². The first-order chi connectivity index (χ1) is 24.4. The summed E-state index contributed by atoms with van der Waals surface area (Å²) < 4.78 is 14.2. The topological polar surface area (TPSA) is 147 Å². The van der Waals surface area contributed by atoms with Crippen LogP contribution in [-0.2, 0) is 42.5 Å². The van der Waals surface area contributed by atoms with Crippen molar-refractivity contribution in [3.8, 4) is 0 Å². The molecule has 3 aromatic carbocycles. The van der Waals surface area contributed by atoms with Crippen molar-refractivity contribution in [2.45, 2.75) is 82.3 Å². The molecule has 7 rings (SSSR count). The number of fused-ring (bicyclic) bond motifs is 2. The molecule has 2 amide bonds. The summed E-state index contributed by atoms with van der Waals surface area (Å²) in [5.74, 6) is -1.64. The maximum absolute atomic E-state index is 14.9. The lowest BCUT2D eigenvalue weighted by molar-refractivity contribution is -0.153. The summed E-state index contributed by atoms with van der Waals surface area (Å²) in [6.45, 7) is 7.65. The molecule has 0 aliphatic carbocycles. The van der Waals surface area contributed by atoms with Gasteiger partial charge >= 0.3 is 5.97 Å². The number of aliphatic hydroxyl groups is 1. The van der Waals surface area contributed by atoms with Crippen LogP contribution in [0.2, 0.25) is 18.6 Å². The third-order valence-corrected chi connectivity index (χ3v) is 13.1. The number of β-lactam (4-membered cyclic amide) rings is 1. The summed E-state index contributed by atoms with van der Waals surface area (Å²) >= 11 is 0. The monoisotopic (exact) mass is 709 g/mol. The number of ether oxygens (including phenoxy) is 2. The molecule has 266 valence electrons. The van der Waals surface area contributed by atoms with Gasteiger partial charge in [0.1, 0.15) is 0 Å². The first-order valence-electron chi connectivity index (χ1n) is 17.4. The number of aryl methyl sites for hydroxylation is 1. The number of anilines is 2. The quantitative estimate of drug-likeness (QED) is 0.131. The number of hydrogen-bond acceptors (Lipinski definition) is 9. The van der Waals surface area contributed by atoms with Gasteiger partial charge in [0, 0.05) is 42.4 Å². The highest BCUT2D eigenvalue weighted by Crippen LogP contribution is 2.60. The number of carbonyl (C=O) groups is 3. The van der Waals surface area contributed by atoms with Crippen molar-refractivity contribution in [2.24, 2.45) is 5.92 Å². The highest BCUT2D eigenvalue weighted by molar-refractivity contribution is 6.71. The van der Waals surface area contributed by atoms with Gasteiger partial charge in [-0.2, -0.15) is 0 Å². The van der Waals surface area contributed by atoms with Crippen LogP contribution < -0.4 is 9.80 Å². The minimum atomic E-state index is -2.96. The average Bonchev–Trinajstić information content (AvgIpc) is 3.75. The van der Waals surface area contributed by atoms with Crippen molar-refractivity contribution in [1.82, 2.24) is 15.0 Å². The molecular formula is C38H43N5O7Si. The Morgan fingerprint density at radius 1 is 1.08 bits per heavy atom. The SMILES string of the molecule is CC(=O)OC1CC(=O)N1c1ccc2c(c1)[C@]1(O[C@@H](CCn3cc(C(CO)c4ccccc4)nn3)[C@H]([Si](C)(C)O)[C@H]1C)C(=O)N2Cc1ccccc1. The van der Waals surface area contributed by atoms with Gasteiger partial charge < -0.3 is 24.3 Å². The van der Waals surface area contributed by atoms with Gasteiger partial charge in [0.15, 0.2) is 20.1 Å². The Hall–Kier alpha value is -4.69. The van der Waals surface area contributed by atoms with E-state index in [0.29, 0.717) is 42.1 Å². The lowest BCUT2D eigenvalue weighted by atomic mass is 9.82. The zero-order valence-corrected chi connectivity index (χ0v) is 30.2. The summed E-state index contributed by atoms with van der Waals surface area (Å²) in [6, 6.07) is 24.8. The predicted octanol–water partition coefficient (Wildman–Crippen LogP) is 4.46. The van der Waals surface area contributed by atoms with Crippen molar-refractivity contribution >= 4 is 37.5 Å². The summed E-state index contributed by atoms with van der Waals surface area (Å²) in [6.07, 6.45) is 1.13. The molecule has 1 aromatic heterocycles. The minimum Gasteiger partial charge on any atom is -0.441 e. The second-order valence-corrected chi connectivity index (χ2v) is 18.3. The second kappa shape index (κ2) is 13.5. The molecule has 2 saturated heterocycles. The van der Waals surface area contributed by atoms with Crippen molar-refractivity contribution in [3.05, 3.63) is 107 Å². The molecule has 0 radical (unpaired) electrons. The summed E-state index contributed by atoms with van der Waals surface area (Å²) in [5, 5.41) is 18.9. The Labute approximate surface area is 297 Å². The van der Waals surface area contributed by atoms with Gasteiger partial charge in [-0.05, 0) is 48.8 Å². The number of nitrogens with zero attached hydrogens (tertiary/aromatic N) is 5. The van der Waals surface area contributed by atoms with Crippen LogP contribution in [-0.4, -0.2) is 69.9 Å². The Morgan fingerprint density at radius 2 is 1.78 bits per heavy atom. The number of hydrogen-bond donors (Lipinski definition) is 2. The third-order valence-electron chi connectivity index (χ3n) is 10.6. The Balaban J connectivity index is 1.23. The largest absolute Gasteiger partial charge is 0.441 e. The third kappa shape index (κ3) is 6.17. The standard InChI is InChI=1S/C38H43N5O7Si/c1-24-36(51(3,4)48)33(17-18-41-22-31(39-40-41)29(23-44)27-13-9-6-10-14-27)50-38(24)30-19-28(43-34(46)20-35(43)49-25(2)45)15-16-32(30)42(37(38)47)21-26-11-7-5-8-12-26/h5-16,19,22,24,29,33,35-36,44,48H,17-18,20-21,23H2,1-4H3/t24-,29?,33+,35?,36-,38+/m1/s1. The average molecular weight is 710 g/mol. The van der Waals surface area contributed by atoms with Crippen LogP contribution in [0.25, 0.3) is 0 Å². The van der Waals surface area contributed by atoms with E-state index in [1.807, 2.05) is 99.0 Å². The summed E-state index contributed by atoms with van der Waals surface area (Å²) in [7, 11) is -2.96. The van der Waals surface area contributed by atoms with E-state index < -0.39 is 38.1 Å². The Morgan fingerprint density at radius 3 is 2.43 bits per heavy atom. The number of esters is 1. The van der Waals surface area contributed by atoms with E-state index in [2.05, 4.69) is 10.3 Å². The molecule has 6 atom stereocenters. The fourth-order valence-corrected chi connectivity index (χ4v) is 10.9. The summed E-state index contributed by atoms with van der Waals surface area (Å²) in [5.41, 5.74) is 2.57. The van der Waals surface area contributed by atoms with Gasteiger partial charge in [-0.25, -0.2) is 0 Å². The van der Waals surface area contributed by atoms with Gasteiger partial charge in [0.2, 0.25) is 5.91 Å². The van der Waals surface area contributed by atoms with Crippen LogP contribution in [0.1, 0.15) is 55.0 Å². The van der Waals surface area contributed by atoms with Crippen molar-refractivity contribution in [1.29, 1.82) is 0 Å². The maximum Gasteiger partial charge on any atom is 0.304 e. The maximum atomic E-state index is 14.9. The molecule has 12 nitrogen and oxygen atoms in total. The van der Waals surface area contributed by atoms with E-state index in [1.165, 1.54) is 11.8 Å². The first kappa shape index (κ1) is 34.7. The van der Waals surface area contributed by atoms with Crippen LogP contribution >= 0.6 is 0 Å². The highest BCUT2D eigenvalue weighted by atomic mass is 28.4. The van der Waals surface area contributed by atoms with E-state index in [1.54, 1.807) is 15.6 Å². The minimum absolute atomic E-state index is 0.0800. The Kier molecular flexibility index (Phi) is 9.17. The molecule has 51 heavy (non-hydrogen) atoms. The zero-order valence-electron chi connectivity index (χ0n) is 29.2. The molecule has 3 aliphatic rings. The molecule has 0 bridgehead atoms. The zero-order chi connectivity index (χ0) is 36.1. The van der Waals surface area contributed by atoms with E-state index in [9.17, 15) is 24.3 Å². The van der Waals surface area contributed by atoms with Crippen LogP contribution in [0.4, 0.5) is 11.4 Å². The smallest absolute Gasteiger partial charge is 0.304 e. The van der Waals surface area contributed by atoms with Crippen molar-refractivity contribution in [2.75, 3.05) is 16.4 Å². The van der Waals surface area contributed by atoms with Gasteiger partial charge in [-0.15, -0.1) is 5.10 Å². The molecule has 0 saturated carbocycles. The van der Waals surface area contributed by atoms with Crippen molar-refractivity contribution < 1.29 is 33.8 Å². The van der Waals surface area contributed by atoms with Crippen LogP contribution in [0.5, 0.6) is 0 Å². The van der Waals surface area contributed by atoms with Crippen LogP contribution in [0.3, 0.4) is 0 Å². The molecule has 3 aliphatic heterocycles.